The highest BCUT2D eigenvalue weighted by atomic mass is 35.5. The number of thiophene rings is 1. The van der Waals surface area contributed by atoms with Crippen molar-refractivity contribution in [1.29, 1.82) is 0 Å². The van der Waals surface area contributed by atoms with Crippen molar-refractivity contribution in [3.63, 3.8) is 0 Å². The standard InChI is InChI=1S/C28H32ClN3O3S2/c1-20-5-3-4-6-24(20)28-25-13-18-36-26(25)11-14-30(28)15-12-27(33)31-16-17-32(21(2)19-31)37(34,35)23-9-7-22(29)8-10-23/h3-10,13,18,21,28H,11-12,14-17,19H2,1-2H3/t21-,28+/m0/s1. The predicted octanol–water partition coefficient (Wildman–Crippen LogP) is 4.97. The second-order valence-electron chi connectivity index (χ2n) is 9.85. The molecule has 9 heteroatoms. The third kappa shape index (κ3) is 5.36. The Morgan fingerprint density at radius 1 is 1.03 bits per heavy atom. The molecule has 1 amide bonds. The first-order chi connectivity index (χ1) is 17.8. The fourth-order valence-electron chi connectivity index (χ4n) is 5.53. The Balaban J connectivity index is 1.24. The number of benzene rings is 2. The first-order valence-electron chi connectivity index (χ1n) is 12.7. The Bertz CT molecular complexity index is 1370. The highest BCUT2D eigenvalue weighted by Crippen LogP contribution is 2.39. The summed E-state index contributed by atoms with van der Waals surface area (Å²) >= 11 is 7.75. The smallest absolute Gasteiger partial charge is 0.243 e. The lowest BCUT2D eigenvalue weighted by Gasteiger charge is -2.40. The number of rotatable bonds is 6. The van der Waals surface area contributed by atoms with Crippen LogP contribution in [0.3, 0.4) is 0 Å². The number of hydrogen-bond donors (Lipinski definition) is 0. The average Bonchev–Trinajstić information content (AvgIpc) is 3.36. The number of fused-ring (bicyclic) bond motifs is 1. The number of nitrogens with zero attached hydrogens (tertiary/aromatic N) is 3. The van der Waals surface area contributed by atoms with Crippen LogP contribution in [0.25, 0.3) is 0 Å². The van der Waals surface area contributed by atoms with Gasteiger partial charge >= 0.3 is 0 Å². The van der Waals surface area contributed by atoms with Crippen LogP contribution >= 0.6 is 22.9 Å². The lowest BCUT2D eigenvalue weighted by Crippen LogP contribution is -2.55. The van der Waals surface area contributed by atoms with Gasteiger partial charge in [0, 0.05) is 55.1 Å². The quantitative estimate of drug-likeness (QED) is 0.429. The summed E-state index contributed by atoms with van der Waals surface area (Å²) < 4.78 is 27.8. The van der Waals surface area contributed by atoms with Crippen LogP contribution < -0.4 is 0 Å². The van der Waals surface area contributed by atoms with E-state index in [0.717, 1.165) is 13.0 Å². The van der Waals surface area contributed by atoms with Gasteiger partial charge in [-0.25, -0.2) is 8.42 Å². The molecule has 1 aromatic heterocycles. The van der Waals surface area contributed by atoms with Crippen LogP contribution in [0.4, 0.5) is 0 Å². The topological polar surface area (TPSA) is 60.9 Å². The zero-order valence-corrected chi connectivity index (χ0v) is 23.5. The average molecular weight is 558 g/mol. The van der Waals surface area contributed by atoms with Crippen molar-refractivity contribution in [3.05, 3.63) is 86.6 Å². The molecule has 3 heterocycles. The van der Waals surface area contributed by atoms with Gasteiger partial charge in [-0.1, -0.05) is 35.9 Å². The summed E-state index contributed by atoms with van der Waals surface area (Å²) in [6.45, 7) is 6.68. The minimum absolute atomic E-state index is 0.0787. The highest BCUT2D eigenvalue weighted by Gasteiger charge is 2.36. The summed E-state index contributed by atoms with van der Waals surface area (Å²) in [6.07, 6.45) is 1.42. The number of carbonyl (C=O) groups excluding carboxylic acids is 1. The molecule has 196 valence electrons. The Hall–Kier alpha value is -2.23. The van der Waals surface area contributed by atoms with Gasteiger partial charge < -0.3 is 4.90 Å². The largest absolute Gasteiger partial charge is 0.340 e. The molecular weight excluding hydrogens is 526 g/mol. The van der Waals surface area contributed by atoms with E-state index in [4.69, 9.17) is 11.6 Å². The fourth-order valence-corrected chi connectivity index (χ4v) is 8.17. The van der Waals surface area contributed by atoms with Gasteiger partial charge in [0.25, 0.3) is 0 Å². The van der Waals surface area contributed by atoms with E-state index >= 15 is 0 Å². The third-order valence-electron chi connectivity index (χ3n) is 7.50. The molecule has 2 atom stereocenters. The van der Waals surface area contributed by atoms with E-state index in [1.165, 1.54) is 38.0 Å². The van der Waals surface area contributed by atoms with Crippen LogP contribution in [0.2, 0.25) is 5.02 Å². The van der Waals surface area contributed by atoms with E-state index in [2.05, 4.69) is 47.5 Å². The van der Waals surface area contributed by atoms with E-state index in [9.17, 15) is 13.2 Å². The summed E-state index contributed by atoms with van der Waals surface area (Å²) in [7, 11) is -3.64. The normalized spacial score (nSPS) is 21.1. The Labute approximate surface area is 228 Å². The number of hydrogen-bond acceptors (Lipinski definition) is 5. The van der Waals surface area contributed by atoms with E-state index in [-0.39, 0.29) is 29.4 Å². The molecule has 1 fully saturated rings. The number of halogens is 1. The first kappa shape index (κ1) is 26.4. The van der Waals surface area contributed by atoms with Crippen LogP contribution in [0.1, 0.15) is 41.0 Å². The van der Waals surface area contributed by atoms with Gasteiger partial charge in [-0.05, 0) is 72.7 Å². The molecule has 6 nitrogen and oxygen atoms in total. The Morgan fingerprint density at radius 3 is 2.51 bits per heavy atom. The number of piperazine rings is 1. The van der Waals surface area contributed by atoms with Crippen molar-refractivity contribution in [2.24, 2.45) is 0 Å². The van der Waals surface area contributed by atoms with E-state index < -0.39 is 10.0 Å². The Morgan fingerprint density at radius 2 is 1.78 bits per heavy atom. The monoisotopic (exact) mass is 557 g/mol. The summed E-state index contributed by atoms with van der Waals surface area (Å²) in [5, 5.41) is 2.67. The van der Waals surface area contributed by atoms with Gasteiger partial charge in [-0.2, -0.15) is 4.31 Å². The van der Waals surface area contributed by atoms with Crippen molar-refractivity contribution < 1.29 is 13.2 Å². The second-order valence-corrected chi connectivity index (χ2v) is 13.2. The fraction of sp³-hybridized carbons (Fsp3) is 0.393. The summed E-state index contributed by atoms with van der Waals surface area (Å²) in [5.74, 6) is 0.0787. The lowest BCUT2D eigenvalue weighted by atomic mass is 9.90. The Kier molecular flexibility index (Phi) is 7.75. The van der Waals surface area contributed by atoms with Crippen LogP contribution in [0.15, 0.2) is 64.9 Å². The van der Waals surface area contributed by atoms with Crippen LogP contribution in [-0.2, 0) is 21.2 Å². The maximum atomic E-state index is 13.3. The molecule has 0 unspecified atom stereocenters. The number of amides is 1. The number of sulfonamides is 1. The zero-order valence-electron chi connectivity index (χ0n) is 21.1. The minimum Gasteiger partial charge on any atom is -0.340 e. The molecular formula is C28H32ClN3O3S2. The molecule has 5 rings (SSSR count). The van der Waals surface area contributed by atoms with Gasteiger partial charge in [0.2, 0.25) is 15.9 Å². The van der Waals surface area contributed by atoms with Crippen molar-refractivity contribution in [1.82, 2.24) is 14.1 Å². The van der Waals surface area contributed by atoms with Gasteiger partial charge in [-0.15, -0.1) is 11.3 Å². The van der Waals surface area contributed by atoms with E-state index in [1.54, 1.807) is 12.1 Å². The molecule has 0 N–H and O–H groups in total. The molecule has 3 aromatic rings. The number of carbonyl (C=O) groups is 1. The first-order valence-corrected chi connectivity index (χ1v) is 15.4. The van der Waals surface area contributed by atoms with E-state index in [0.29, 0.717) is 31.1 Å². The van der Waals surface area contributed by atoms with Crippen molar-refractivity contribution in [3.8, 4) is 0 Å². The van der Waals surface area contributed by atoms with E-state index in [1.807, 2.05) is 23.2 Å². The second kappa shape index (κ2) is 10.9. The summed E-state index contributed by atoms with van der Waals surface area (Å²) in [5.41, 5.74) is 3.91. The predicted molar refractivity (Wildman–Crippen MR) is 149 cm³/mol. The molecule has 0 radical (unpaired) electrons. The molecule has 2 aromatic carbocycles. The molecule has 2 aliphatic rings. The van der Waals surface area contributed by atoms with Crippen molar-refractivity contribution in [2.45, 2.75) is 43.7 Å². The van der Waals surface area contributed by atoms with Crippen LogP contribution in [-0.4, -0.2) is 67.2 Å². The van der Waals surface area contributed by atoms with Gasteiger partial charge in [-0.3, -0.25) is 9.69 Å². The molecule has 0 saturated carbocycles. The molecule has 2 aliphatic heterocycles. The lowest BCUT2D eigenvalue weighted by molar-refractivity contribution is -0.133. The SMILES string of the molecule is Cc1ccccc1[C@@H]1c2ccsc2CCN1CCC(=O)N1CCN(S(=O)(=O)c2ccc(Cl)cc2)[C@@H](C)C1. The summed E-state index contributed by atoms with van der Waals surface area (Å²) in [4.78, 5) is 19.2. The van der Waals surface area contributed by atoms with Gasteiger partial charge in [0.05, 0.1) is 10.9 Å². The van der Waals surface area contributed by atoms with Gasteiger partial charge in [0.15, 0.2) is 0 Å². The summed E-state index contributed by atoms with van der Waals surface area (Å²) in [6, 6.07) is 16.8. The highest BCUT2D eigenvalue weighted by molar-refractivity contribution is 7.89. The minimum atomic E-state index is -3.64. The van der Waals surface area contributed by atoms with Crippen LogP contribution in [0, 0.1) is 6.92 Å². The third-order valence-corrected chi connectivity index (χ3v) is 10.8. The molecule has 37 heavy (non-hydrogen) atoms. The maximum absolute atomic E-state index is 13.3. The molecule has 0 bridgehead atoms. The van der Waals surface area contributed by atoms with Crippen molar-refractivity contribution >= 4 is 38.9 Å². The molecule has 1 saturated heterocycles. The maximum Gasteiger partial charge on any atom is 0.243 e. The van der Waals surface area contributed by atoms with Crippen LogP contribution in [0.5, 0.6) is 0 Å². The van der Waals surface area contributed by atoms with Gasteiger partial charge in [0.1, 0.15) is 0 Å². The number of aryl methyl sites for hydroxylation is 1. The zero-order chi connectivity index (χ0) is 26.2. The molecule has 0 spiro atoms. The van der Waals surface area contributed by atoms with Crippen molar-refractivity contribution in [2.75, 3.05) is 32.7 Å². The molecule has 0 aliphatic carbocycles.